The molecule has 2 aromatic carbocycles. The molecular weight excluding hydrogens is 407 g/mol. The van der Waals surface area contributed by atoms with E-state index in [1.54, 1.807) is 4.90 Å². The van der Waals surface area contributed by atoms with Gasteiger partial charge in [-0.15, -0.1) is 0 Å². The van der Waals surface area contributed by atoms with Crippen molar-refractivity contribution >= 4 is 23.2 Å². The number of piperazine rings is 1. The molecule has 2 aliphatic heterocycles. The van der Waals surface area contributed by atoms with E-state index in [1.165, 1.54) is 12.1 Å². The Bertz CT molecular complexity index is 954. The lowest BCUT2D eigenvalue weighted by Crippen LogP contribution is -2.60. The minimum Gasteiger partial charge on any atom is -0.444 e. The zero-order valence-corrected chi connectivity index (χ0v) is 17.8. The van der Waals surface area contributed by atoms with E-state index in [0.29, 0.717) is 31.9 Å². The zero-order valence-electron chi connectivity index (χ0n) is 17.8. The molecule has 1 unspecified atom stereocenters. The highest BCUT2D eigenvalue weighted by Crippen LogP contribution is 2.41. The maximum absolute atomic E-state index is 13.0. The Morgan fingerprint density at radius 1 is 0.935 bits per heavy atom. The van der Waals surface area contributed by atoms with Gasteiger partial charge in [0, 0.05) is 31.9 Å². The van der Waals surface area contributed by atoms with Gasteiger partial charge in [-0.05, 0) is 57.2 Å². The van der Waals surface area contributed by atoms with Crippen LogP contribution in [0, 0.1) is 0 Å². The summed E-state index contributed by atoms with van der Waals surface area (Å²) in [7, 11) is 0. The van der Waals surface area contributed by atoms with Gasteiger partial charge >= 0.3 is 12.3 Å². The van der Waals surface area contributed by atoms with Crippen molar-refractivity contribution in [3.05, 3.63) is 54.1 Å². The van der Waals surface area contributed by atoms with Crippen LogP contribution < -0.4 is 9.80 Å². The third-order valence-corrected chi connectivity index (χ3v) is 5.52. The van der Waals surface area contributed by atoms with Gasteiger partial charge in [-0.3, -0.25) is 0 Å². The Morgan fingerprint density at radius 2 is 1.58 bits per heavy atom. The summed E-state index contributed by atoms with van der Waals surface area (Å²) in [6.45, 7) is 7.78. The molecule has 1 saturated heterocycles. The summed E-state index contributed by atoms with van der Waals surface area (Å²) < 4.78 is 44.5. The highest BCUT2D eigenvalue weighted by molar-refractivity contribution is 5.80. The average Bonchev–Trinajstić information content (AvgIpc) is 2.71. The molecule has 1 fully saturated rings. The minimum atomic E-state index is -4.37. The van der Waals surface area contributed by atoms with Crippen molar-refractivity contribution < 1.29 is 22.7 Å². The Hall–Kier alpha value is -2.90. The number of hydrogen-bond donors (Lipinski definition) is 0. The molecule has 2 aromatic rings. The lowest BCUT2D eigenvalue weighted by molar-refractivity contribution is -0.137. The van der Waals surface area contributed by atoms with Gasteiger partial charge in [0.05, 0.1) is 23.0 Å². The fourth-order valence-corrected chi connectivity index (χ4v) is 4.14. The molecule has 31 heavy (non-hydrogen) atoms. The number of carbonyl (C=O) groups is 1. The van der Waals surface area contributed by atoms with Crippen LogP contribution in [0.15, 0.2) is 48.5 Å². The van der Waals surface area contributed by atoms with Crippen molar-refractivity contribution in [3.8, 4) is 0 Å². The van der Waals surface area contributed by atoms with Crippen LogP contribution in [0.4, 0.5) is 35.0 Å². The number of ether oxygens (including phenoxy) is 1. The molecule has 1 atom stereocenters. The van der Waals surface area contributed by atoms with Crippen LogP contribution in [0.2, 0.25) is 0 Å². The van der Waals surface area contributed by atoms with Gasteiger partial charge in [0.2, 0.25) is 0 Å². The molecule has 0 saturated carbocycles. The standard InChI is InChI=1S/C23H26F3N3O2/c1-22(2,3)31-21(30)27-12-13-28-18(14-27)15-29(20-7-5-4-6-19(20)28)17-10-8-16(9-11-17)23(24,25)26/h4-11,18H,12-15H2,1-3H3. The third-order valence-electron chi connectivity index (χ3n) is 5.52. The normalized spacial score (nSPS) is 19.0. The van der Waals surface area contributed by atoms with E-state index in [9.17, 15) is 18.0 Å². The quantitative estimate of drug-likeness (QED) is 0.613. The van der Waals surface area contributed by atoms with Crippen LogP contribution in [0.3, 0.4) is 0 Å². The largest absolute Gasteiger partial charge is 0.444 e. The lowest BCUT2D eigenvalue weighted by atomic mass is 10.0. The number of halogens is 3. The molecule has 2 heterocycles. The molecule has 5 nitrogen and oxygen atoms in total. The Balaban J connectivity index is 1.61. The van der Waals surface area contributed by atoms with Gasteiger partial charge in [-0.25, -0.2) is 4.79 Å². The number of benzene rings is 2. The van der Waals surface area contributed by atoms with E-state index in [0.717, 1.165) is 23.5 Å². The highest BCUT2D eigenvalue weighted by atomic mass is 19.4. The van der Waals surface area contributed by atoms with Gasteiger partial charge in [-0.1, -0.05) is 12.1 Å². The van der Waals surface area contributed by atoms with Crippen molar-refractivity contribution in [2.45, 2.75) is 38.6 Å². The number of amides is 1. The van der Waals surface area contributed by atoms with E-state index < -0.39 is 17.3 Å². The van der Waals surface area contributed by atoms with Crippen LogP contribution >= 0.6 is 0 Å². The second-order valence-corrected chi connectivity index (χ2v) is 8.92. The smallest absolute Gasteiger partial charge is 0.416 e. The second-order valence-electron chi connectivity index (χ2n) is 8.92. The van der Waals surface area contributed by atoms with E-state index in [4.69, 9.17) is 4.74 Å². The van der Waals surface area contributed by atoms with Crippen LogP contribution in [0.5, 0.6) is 0 Å². The molecule has 0 radical (unpaired) electrons. The van der Waals surface area contributed by atoms with Gasteiger partial charge in [0.15, 0.2) is 0 Å². The highest BCUT2D eigenvalue weighted by Gasteiger charge is 2.38. The number of fused-ring (bicyclic) bond motifs is 3. The van der Waals surface area contributed by atoms with Crippen LogP contribution in [-0.4, -0.2) is 48.8 Å². The van der Waals surface area contributed by atoms with Crippen molar-refractivity contribution in [2.24, 2.45) is 0 Å². The van der Waals surface area contributed by atoms with E-state index in [-0.39, 0.29) is 12.1 Å². The first-order valence-corrected chi connectivity index (χ1v) is 10.3. The van der Waals surface area contributed by atoms with Gasteiger partial charge < -0.3 is 19.4 Å². The first kappa shape index (κ1) is 21.3. The van der Waals surface area contributed by atoms with Gasteiger partial charge in [0.25, 0.3) is 0 Å². The van der Waals surface area contributed by atoms with Crippen LogP contribution in [-0.2, 0) is 10.9 Å². The molecule has 4 rings (SSSR count). The third kappa shape index (κ3) is 4.43. The fourth-order valence-electron chi connectivity index (χ4n) is 4.14. The molecule has 1 amide bonds. The second kappa shape index (κ2) is 7.66. The molecule has 0 aromatic heterocycles. The average molecular weight is 433 g/mol. The number of carbonyl (C=O) groups excluding carboxylic acids is 1. The number of nitrogens with zero attached hydrogens (tertiary/aromatic N) is 3. The summed E-state index contributed by atoms with van der Waals surface area (Å²) >= 11 is 0. The zero-order chi connectivity index (χ0) is 22.4. The lowest BCUT2D eigenvalue weighted by Gasteiger charge is -2.49. The summed E-state index contributed by atoms with van der Waals surface area (Å²) in [6, 6.07) is 13.1. The molecule has 166 valence electrons. The van der Waals surface area contributed by atoms with Crippen molar-refractivity contribution in [2.75, 3.05) is 36.0 Å². The molecule has 2 aliphatic rings. The predicted molar refractivity (Wildman–Crippen MR) is 114 cm³/mol. The summed E-state index contributed by atoms with van der Waals surface area (Å²) in [5.74, 6) is 0. The summed E-state index contributed by atoms with van der Waals surface area (Å²) in [5.41, 5.74) is 1.41. The summed E-state index contributed by atoms with van der Waals surface area (Å²) in [6.07, 6.45) is -4.71. The Morgan fingerprint density at radius 3 is 2.19 bits per heavy atom. The van der Waals surface area contributed by atoms with Crippen LogP contribution in [0.25, 0.3) is 0 Å². The minimum absolute atomic E-state index is 0.00142. The number of rotatable bonds is 1. The maximum Gasteiger partial charge on any atom is 0.416 e. The molecule has 0 aliphatic carbocycles. The number of para-hydroxylation sites is 2. The number of hydrogen-bond acceptors (Lipinski definition) is 4. The predicted octanol–water partition coefficient (Wildman–Crippen LogP) is 5.28. The molecule has 8 heteroatoms. The van der Waals surface area contributed by atoms with Crippen molar-refractivity contribution in [3.63, 3.8) is 0 Å². The van der Waals surface area contributed by atoms with Crippen molar-refractivity contribution in [1.82, 2.24) is 4.90 Å². The number of alkyl halides is 3. The first-order chi connectivity index (χ1) is 14.5. The molecule has 0 N–H and O–H groups in total. The fraction of sp³-hybridized carbons (Fsp3) is 0.435. The topological polar surface area (TPSA) is 36.0 Å². The van der Waals surface area contributed by atoms with Crippen LogP contribution in [0.1, 0.15) is 26.3 Å². The van der Waals surface area contributed by atoms with E-state index in [1.807, 2.05) is 49.9 Å². The van der Waals surface area contributed by atoms with E-state index >= 15 is 0 Å². The Labute approximate surface area is 180 Å². The van der Waals surface area contributed by atoms with Crippen molar-refractivity contribution in [1.29, 1.82) is 0 Å². The monoisotopic (exact) mass is 433 g/mol. The molecule has 0 bridgehead atoms. The van der Waals surface area contributed by atoms with E-state index in [2.05, 4.69) is 4.90 Å². The maximum atomic E-state index is 13.0. The molecule has 0 spiro atoms. The Kier molecular flexibility index (Phi) is 5.27. The molecular formula is C23H26F3N3O2. The SMILES string of the molecule is CC(C)(C)OC(=O)N1CCN2c3ccccc3N(c3ccc(C(F)(F)F)cc3)CC2C1. The number of anilines is 3. The summed E-state index contributed by atoms with van der Waals surface area (Å²) in [5, 5.41) is 0. The van der Waals surface area contributed by atoms with Gasteiger partial charge in [0.1, 0.15) is 5.60 Å². The summed E-state index contributed by atoms with van der Waals surface area (Å²) in [4.78, 5) is 18.6. The first-order valence-electron chi connectivity index (χ1n) is 10.3. The van der Waals surface area contributed by atoms with Gasteiger partial charge in [-0.2, -0.15) is 13.2 Å².